The molecule has 0 atom stereocenters. The van der Waals surface area contributed by atoms with Crippen LogP contribution in [0.3, 0.4) is 0 Å². The van der Waals surface area contributed by atoms with E-state index in [1.807, 2.05) is 0 Å². The first-order chi connectivity index (χ1) is 12.8. The van der Waals surface area contributed by atoms with Crippen molar-refractivity contribution >= 4 is 35.1 Å². The Balaban J connectivity index is -0.000000165. The molecule has 0 spiro atoms. The van der Waals surface area contributed by atoms with Crippen LogP contribution >= 0.6 is 11.6 Å². The maximum absolute atomic E-state index is 10.5. The molecule has 0 unspecified atom stereocenters. The number of hydrogen-bond acceptors (Lipinski definition) is 10. The van der Waals surface area contributed by atoms with Gasteiger partial charge in [-0.15, -0.1) is 0 Å². The topological polar surface area (TPSA) is 135 Å². The molecule has 0 saturated heterocycles. The van der Waals surface area contributed by atoms with Crippen molar-refractivity contribution < 1.29 is 48.0 Å². The summed E-state index contributed by atoms with van der Waals surface area (Å²) in [5.74, 6) is -1.07. The van der Waals surface area contributed by atoms with Crippen molar-refractivity contribution in [2.24, 2.45) is 0 Å². The van der Waals surface area contributed by atoms with Crippen LogP contribution in [0.2, 0.25) is 0 Å². The van der Waals surface area contributed by atoms with E-state index in [1.54, 1.807) is 0 Å². The van der Waals surface area contributed by atoms with Crippen molar-refractivity contribution in [1.82, 2.24) is 0 Å². The highest BCUT2D eigenvalue weighted by molar-refractivity contribution is 6.61. The molecule has 0 heterocycles. The molecule has 1 N–H and O–H groups in total. The minimum Gasteiger partial charge on any atom is -0.460 e. The van der Waals surface area contributed by atoms with E-state index in [-0.39, 0.29) is 33.9 Å². The second-order valence-corrected chi connectivity index (χ2v) is 3.68. The average molecular weight is 425 g/mol. The van der Waals surface area contributed by atoms with Gasteiger partial charge >= 0.3 is 23.5 Å². The van der Waals surface area contributed by atoms with Crippen LogP contribution in [0, 0.1) is 0 Å². The average Bonchev–Trinajstić information content (AvgIpc) is 2.64. The molecule has 0 saturated carbocycles. The van der Waals surface area contributed by atoms with E-state index in [9.17, 15) is 19.2 Å². The van der Waals surface area contributed by atoms with Gasteiger partial charge in [0, 0.05) is 23.8 Å². The molecule has 0 aromatic carbocycles. The van der Waals surface area contributed by atoms with E-state index in [2.05, 4.69) is 61.6 Å². The van der Waals surface area contributed by atoms with Crippen molar-refractivity contribution in [3.63, 3.8) is 0 Å². The predicted molar refractivity (Wildman–Crippen MR) is 101 cm³/mol. The van der Waals surface area contributed by atoms with Crippen molar-refractivity contribution in [2.75, 3.05) is 26.4 Å². The van der Waals surface area contributed by atoms with E-state index in [1.165, 1.54) is 0 Å². The zero-order valence-electron chi connectivity index (χ0n) is 14.5. The number of carbonyl (C=O) groups excluding carboxylic acids is 4. The summed E-state index contributed by atoms with van der Waals surface area (Å²) in [5.41, 5.74) is -0.856. The first-order valence-electron chi connectivity index (χ1n) is 6.89. The maximum atomic E-state index is 10.5. The molecule has 0 aliphatic rings. The number of halogens is 1. The number of aliphatic hydroxyl groups excluding tert-OH is 1. The lowest BCUT2D eigenvalue weighted by atomic mass is 10.6. The molecule has 0 aliphatic heterocycles. The van der Waals surface area contributed by atoms with Crippen LogP contribution in [0.5, 0.6) is 0 Å². The van der Waals surface area contributed by atoms with Crippen molar-refractivity contribution in [3.05, 3.63) is 51.0 Å². The fraction of sp³-hybridized carbons (Fsp3) is 0.294. The van der Waals surface area contributed by atoms with Gasteiger partial charge in [-0.2, -0.15) is 0 Å². The van der Waals surface area contributed by atoms with E-state index in [0.717, 1.165) is 24.7 Å². The maximum Gasteiger partial charge on any atom is 0.513 e. The van der Waals surface area contributed by atoms with Gasteiger partial charge in [0.2, 0.25) is 0 Å². The van der Waals surface area contributed by atoms with Crippen LogP contribution in [0.1, 0.15) is 7.43 Å². The molecule has 11 heteroatoms. The molecular formula is C17H25ClO10. The lowest BCUT2D eigenvalue weighted by molar-refractivity contribution is -0.139. The highest BCUT2D eigenvalue weighted by Crippen LogP contribution is 1.86. The van der Waals surface area contributed by atoms with Gasteiger partial charge in [0.1, 0.15) is 19.8 Å². The number of hydrogen-bond donors (Lipinski definition) is 1. The number of ether oxygens (including phenoxy) is 5. The molecule has 28 heavy (non-hydrogen) atoms. The summed E-state index contributed by atoms with van der Waals surface area (Å²) in [5, 5.41) is 8.10. The third kappa shape index (κ3) is 34.3. The van der Waals surface area contributed by atoms with E-state index in [0.29, 0.717) is 0 Å². The van der Waals surface area contributed by atoms with Crippen LogP contribution in [0.4, 0.5) is 9.59 Å². The molecule has 0 fully saturated rings. The molecule has 0 rings (SSSR count). The van der Waals surface area contributed by atoms with Gasteiger partial charge in [-0.1, -0.05) is 33.7 Å². The Bertz CT molecular complexity index is 502. The van der Waals surface area contributed by atoms with Crippen molar-refractivity contribution in [1.29, 1.82) is 0 Å². The van der Waals surface area contributed by atoms with Crippen molar-refractivity contribution in [2.45, 2.75) is 7.43 Å². The van der Waals surface area contributed by atoms with E-state index < -0.39 is 23.5 Å². The number of aliphatic hydroxyl groups is 1. The van der Waals surface area contributed by atoms with E-state index >= 15 is 0 Å². The molecule has 0 aromatic heterocycles. The van der Waals surface area contributed by atoms with Gasteiger partial charge in [-0.3, -0.25) is 0 Å². The summed E-state index contributed by atoms with van der Waals surface area (Å²) < 4.78 is 21.4. The molecule has 10 nitrogen and oxygen atoms in total. The van der Waals surface area contributed by atoms with Crippen LogP contribution in [-0.4, -0.2) is 55.1 Å². The highest BCUT2D eigenvalue weighted by Gasteiger charge is 2.01. The van der Waals surface area contributed by atoms with Gasteiger partial charge in [0.25, 0.3) is 0 Å². The molecule has 0 bridgehead atoms. The number of esters is 2. The quantitative estimate of drug-likeness (QED) is 0.147. The largest absolute Gasteiger partial charge is 0.513 e. The SMILES string of the molecule is C.C=CC(=O)OCCO.C=COC(=O)Cl.C=COC(=O)OCCOC(=O)C=C. The first kappa shape index (κ1) is 32.6. The van der Waals surface area contributed by atoms with Crippen LogP contribution in [0.25, 0.3) is 0 Å². The number of rotatable bonds is 9. The molecule has 0 aromatic rings. The minimum absolute atomic E-state index is 0. The Labute approximate surface area is 168 Å². The second kappa shape index (κ2) is 26.1. The Hall–Kier alpha value is -3.11. The van der Waals surface area contributed by atoms with Gasteiger partial charge in [0.15, 0.2) is 0 Å². The summed E-state index contributed by atoms with van der Waals surface area (Å²) in [6.45, 7) is 12.4. The summed E-state index contributed by atoms with van der Waals surface area (Å²) in [7, 11) is 0. The molecule has 160 valence electrons. The summed E-state index contributed by atoms with van der Waals surface area (Å²) in [4.78, 5) is 40.6. The Morgan fingerprint density at radius 3 is 1.54 bits per heavy atom. The highest BCUT2D eigenvalue weighted by atomic mass is 35.5. The Kier molecular flexibility index (Phi) is 30.4. The van der Waals surface area contributed by atoms with Gasteiger partial charge in [-0.05, 0) is 0 Å². The number of carbonyl (C=O) groups is 4. The smallest absolute Gasteiger partial charge is 0.460 e. The standard InChI is InChI=1S/C8H10O5.C5H8O3.C3H3ClO2.CH4/c1-3-7(9)12-5-6-13-8(10)11-4-2;1-2-5(7)8-4-3-6;1-2-6-3(4)5;/h3-4H,1-2,5-6H2;2,6H,1,3-4H2;2H,1H2;1H4. The predicted octanol–water partition coefficient (Wildman–Crippen LogP) is 2.86. The minimum atomic E-state index is -0.885. The summed E-state index contributed by atoms with van der Waals surface area (Å²) >= 11 is 4.65. The van der Waals surface area contributed by atoms with Crippen molar-refractivity contribution in [3.8, 4) is 0 Å². The monoisotopic (exact) mass is 424 g/mol. The summed E-state index contributed by atoms with van der Waals surface area (Å²) in [6, 6.07) is 0. The third-order valence-corrected chi connectivity index (χ3v) is 1.66. The van der Waals surface area contributed by atoms with Crippen LogP contribution in [0.15, 0.2) is 51.0 Å². The summed E-state index contributed by atoms with van der Waals surface area (Å²) in [6.07, 6.45) is 3.09. The van der Waals surface area contributed by atoms with Crippen LogP contribution in [-0.2, 0) is 33.3 Å². The zero-order valence-corrected chi connectivity index (χ0v) is 15.2. The second-order valence-electron chi connectivity index (χ2n) is 3.37. The molecule has 0 amide bonds. The van der Waals surface area contributed by atoms with Gasteiger partial charge < -0.3 is 28.8 Å². The molecule has 0 aliphatic carbocycles. The van der Waals surface area contributed by atoms with Crippen LogP contribution < -0.4 is 0 Å². The van der Waals surface area contributed by atoms with Gasteiger partial charge in [-0.25, -0.2) is 19.2 Å². The lowest BCUT2D eigenvalue weighted by Gasteiger charge is -2.02. The Morgan fingerprint density at radius 2 is 1.21 bits per heavy atom. The zero-order chi connectivity index (χ0) is 21.5. The molecule has 0 radical (unpaired) electrons. The fourth-order valence-electron chi connectivity index (χ4n) is 0.699. The Morgan fingerprint density at radius 1 is 0.786 bits per heavy atom. The lowest BCUT2D eigenvalue weighted by Crippen LogP contribution is -2.12. The third-order valence-electron chi connectivity index (χ3n) is 1.57. The first-order valence-corrected chi connectivity index (χ1v) is 7.27. The van der Waals surface area contributed by atoms with E-state index in [4.69, 9.17) is 5.11 Å². The normalized spacial score (nSPS) is 7.64. The fourth-order valence-corrected chi connectivity index (χ4v) is 0.762. The molecular weight excluding hydrogens is 400 g/mol. The van der Waals surface area contributed by atoms with Gasteiger partial charge in [0.05, 0.1) is 19.1 Å².